The number of ether oxygens (including phenoxy) is 1. The topological polar surface area (TPSA) is 39.1 Å². The number of hydrogen-bond acceptors (Lipinski definition) is 3. The highest BCUT2D eigenvalue weighted by atomic mass is 35.5. The molecule has 2 unspecified atom stereocenters. The third-order valence-electron chi connectivity index (χ3n) is 3.96. The number of aromatic nitrogens is 2. The van der Waals surface area contributed by atoms with Gasteiger partial charge in [-0.15, -0.1) is 0 Å². The van der Waals surface area contributed by atoms with Gasteiger partial charge in [-0.2, -0.15) is 5.10 Å². The first-order valence-electron chi connectivity index (χ1n) is 7.18. The Morgan fingerprint density at radius 3 is 2.84 bits per heavy atom. The molecule has 0 aliphatic heterocycles. The lowest BCUT2D eigenvalue weighted by atomic mass is 9.92. The molecule has 0 radical (unpaired) electrons. The molecule has 0 saturated heterocycles. The summed E-state index contributed by atoms with van der Waals surface area (Å²) in [7, 11) is 2.01. The van der Waals surface area contributed by atoms with Gasteiger partial charge in [-0.1, -0.05) is 24.4 Å². The predicted molar refractivity (Wildman–Crippen MR) is 77.5 cm³/mol. The third-order valence-corrected chi connectivity index (χ3v) is 4.45. The summed E-state index contributed by atoms with van der Waals surface area (Å²) in [5.74, 6) is 0. The minimum absolute atomic E-state index is 0.287. The molecule has 0 aromatic carbocycles. The molecule has 0 spiro atoms. The average molecular weight is 286 g/mol. The van der Waals surface area contributed by atoms with Gasteiger partial charge in [-0.3, -0.25) is 4.68 Å². The van der Waals surface area contributed by atoms with Crippen LogP contribution in [-0.2, 0) is 17.9 Å². The van der Waals surface area contributed by atoms with Gasteiger partial charge in [-0.05, 0) is 33.7 Å². The van der Waals surface area contributed by atoms with E-state index in [4.69, 9.17) is 16.3 Å². The maximum Gasteiger partial charge on any atom is 0.0904 e. The molecule has 0 bridgehead atoms. The number of hydrogen-bond donors (Lipinski definition) is 1. The molecular formula is C14H24ClN3O. The third kappa shape index (κ3) is 3.30. The zero-order chi connectivity index (χ0) is 13.8. The standard InChI is InChI=1S/C14H24ClN3O/c1-4-18-12(14(15)10(2)17-18)9-19-13-8-6-5-7-11(13)16-3/h11,13,16H,4-9H2,1-3H3. The van der Waals surface area contributed by atoms with E-state index in [-0.39, 0.29) is 6.10 Å². The molecular weight excluding hydrogens is 262 g/mol. The van der Waals surface area contributed by atoms with Crippen LogP contribution in [0.25, 0.3) is 0 Å². The first-order chi connectivity index (χ1) is 9.17. The van der Waals surface area contributed by atoms with Crippen molar-refractivity contribution in [2.75, 3.05) is 7.05 Å². The van der Waals surface area contributed by atoms with Crippen molar-refractivity contribution in [1.82, 2.24) is 15.1 Å². The van der Waals surface area contributed by atoms with Gasteiger partial charge in [0.2, 0.25) is 0 Å². The lowest BCUT2D eigenvalue weighted by Crippen LogP contribution is -2.41. The summed E-state index contributed by atoms with van der Waals surface area (Å²) in [5, 5.41) is 8.53. The summed E-state index contributed by atoms with van der Waals surface area (Å²) < 4.78 is 8.04. The van der Waals surface area contributed by atoms with Crippen molar-refractivity contribution in [3.63, 3.8) is 0 Å². The number of halogens is 1. The highest BCUT2D eigenvalue weighted by Crippen LogP contribution is 2.25. The van der Waals surface area contributed by atoms with Crippen molar-refractivity contribution >= 4 is 11.6 Å². The van der Waals surface area contributed by atoms with Crippen LogP contribution in [0.5, 0.6) is 0 Å². The van der Waals surface area contributed by atoms with Crippen molar-refractivity contribution in [2.24, 2.45) is 0 Å². The van der Waals surface area contributed by atoms with E-state index in [1.54, 1.807) is 0 Å². The zero-order valence-electron chi connectivity index (χ0n) is 12.1. The molecule has 1 fully saturated rings. The lowest BCUT2D eigenvalue weighted by molar-refractivity contribution is -0.00639. The van der Waals surface area contributed by atoms with Crippen LogP contribution < -0.4 is 5.32 Å². The smallest absolute Gasteiger partial charge is 0.0904 e. The Morgan fingerprint density at radius 2 is 2.16 bits per heavy atom. The SMILES string of the molecule is CCn1nc(C)c(Cl)c1COC1CCCCC1NC. The molecule has 5 heteroatoms. The van der Waals surface area contributed by atoms with E-state index >= 15 is 0 Å². The maximum absolute atomic E-state index is 6.30. The van der Waals surface area contributed by atoms with E-state index in [2.05, 4.69) is 17.3 Å². The van der Waals surface area contributed by atoms with E-state index in [1.807, 2.05) is 18.7 Å². The fourth-order valence-electron chi connectivity index (χ4n) is 2.82. The Bertz CT molecular complexity index is 419. The number of likely N-dealkylation sites (N-methyl/N-ethyl adjacent to an activating group) is 1. The second-order valence-electron chi connectivity index (χ2n) is 5.19. The van der Waals surface area contributed by atoms with E-state index in [0.29, 0.717) is 12.6 Å². The highest BCUT2D eigenvalue weighted by molar-refractivity contribution is 6.31. The molecule has 108 valence electrons. The monoisotopic (exact) mass is 285 g/mol. The summed E-state index contributed by atoms with van der Waals surface area (Å²) in [4.78, 5) is 0. The van der Waals surface area contributed by atoms with Gasteiger partial charge < -0.3 is 10.1 Å². The molecule has 0 amide bonds. The minimum Gasteiger partial charge on any atom is -0.370 e. The number of rotatable bonds is 5. The van der Waals surface area contributed by atoms with Gasteiger partial charge in [0.1, 0.15) is 0 Å². The van der Waals surface area contributed by atoms with Crippen LogP contribution in [0.15, 0.2) is 0 Å². The number of nitrogens with zero attached hydrogens (tertiary/aromatic N) is 2. The van der Waals surface area contributed by atoms with Crippen molar-refractivity contribution in [1.29, 1.82) is 0 Å². The Labute approximate surface area is 120 Å². The van der Waals surface area contributed by atoms with Gasteiger partial charge in [0, 0.05) is 12.6 Å². The summed E-state index contributed by atoms with van der Waals surface area (Å²) in [6.45, 7) is 5.39. The molecule has 4 nitrogen and oxygen atoms in total. The quantitative estimate of drug-likeness (QED) is 0.904. The minimum atomic E-state index is 0.287. The van der Waals surface area contributed by atoms with Gasteiger partial charge in [0.15, 0.2) is 0 Å². The van der Waals surface area contributed by atoms with E-state index < -0.39 is 0 Å². The first kappa shape index (κ1) is 14.8. The Morgan fingerprint density at radius 1 is 1.42 bits per heavy atom. The Balaban J connectivity index is 2.01. The molecule has 1 aliphatic carbocycles. The van der Waals surface area contributed by atoms with Crippen LogP contribution in [-0.4, -0.2) is 29.0 Å². The van der Waals surface area contributed by atoms with Crippen LogP contribution in [0.2, 0.25) is 5.02 Å². The molecule has 1 aromatic heterocycles. The lowest BCUT2D eigenvalue weighted by Gasteiger charge is -2.31. The molecule has 1 aromatic rings. The maximum atomic E-state index is 6.30. The Hall–Kier alpha value is -0.580. The van der Waals surface area contributed by atoms with Gasteiger partial charge in [0.25, 0.3) is 0 Å². The van der Waals surface area contributed by atoms with Crippen LogP contribution >= 0.6 is 11.6 Å². The second-order valence-corrected chi connectivity index (χ2v) is 5.57. The second kappa shape index (κ2) is 6.73. The highest BCUT2D eigenvalue weighted by Gasteiger charge is 2.25. The normalized spacial score (nSPS) is 23.8. The van der Waals surface area contributed by atoms with Gasteiger partial charge in [-0.25, -0.2) is 0 Å². The van der Waals surface area contributed by atoms with Crippen LogP contribution in [0, 0.1) is 6.92 Å². The van der Waals surface area contributed by atoms with Crippen molar-refractivity contribution < 1.29 is 4.74 Å². The molecule has 1 heterocycles. The van der Waals surface area contributed by atoms with Crippen LogP contribution in [0.4, 0.5) is 0 Å². The van der Waals surface area contributed by atoms with Crippen LogP contribution in [0.3, 0.4) is 0 Å². The van der Waals surface area contributed by atoms with E-state index in [9.17, 15) is 0 Å². The first-order valence-corrected chi connectivity index (χ1v) is 7.55. The number of aryl methyl sites for hydroxylation is 2. The molecule has 2 atom stereocenters. The van der Waals surface area contributed by atoms with Gasteiger partial charge >= 0.3 is 0 Å². The van der Waals surface area contributed by atoms with Crippen molar-refractivity contribution in [3.8, 4) is 0 Å². The predicted octanol–water partition coefficient (Wildman–Crippen LogP) is 2.91. The molecule has 2 rings (SSSR count). The molecule has 1 saturated carbocycles. The average Bonchev–Trinajstić information content (AvgIpc) is 2.72. The largest absolute Gasteiger partial charge is 0.370 e. The molecule has 1 aliphatic rings. The summed E-state index contributed by atoms with van der Waals surface area (Å²) in [6, 6.07) is 0.464. The molecule has 1 N–H and O–H groups in total. The molecule has 19 heavy (non-hydrogen) atoms. The summed E-state index contributed by atoms with van der Waals surface area (Å²) in [5.41, 5.74) is 1.89. The van der Waals surface area contributed by atoms with Crippen molar-refractivity contribution in [3.05, 3.63) is 16.4 Å². The Kier molecular flexibility index (Phi) is 5.25. The summed E-state index contributed by atoms with van der Waals surface area (Å²) >= 11 is 6.30. The van der Waals surface area contributed by atoms with Crippen LogP contribution in [0.1, 0.15) is 44.0 Å². The fraction of sp³-hybridized carbons (Fsp3) is 0.786. The summed E-state index contributed by atoms with van der Waals surface area (Å²) in [6.07, 6.45) is 5.15. The fourth-order valence-corrected chi connectivity index (χ4v) is 3.01. The van der Waals surface area contributed by atoms with Crippen molar-refractivity contribution in [2.45, 2.75) is 64.8 Å². The van der Waals surface area contributed by atoms with E-state index in [0.717, 1.165) is 29.4 Å². The zero-order valence-corrected chi connectivity index (χ0v) is 12.8. The van der Waals surface area contributed by atoms with E-state index in [1.165, 1.54) is 19.3 Å². The van der Waals surface area contributed by atoms with Gasteiger partial charge in [0.05, 0.1) is 29.1 Å². The number of nitrogens with one attached hydrogen (secondary N) is 1.